The van der Waals surface area contributed by atoms with Gasteiger partial charge in [-0.3, -0.25) is 14.3 Å². The van der Waals surface area contributed by atoms with Crippen LogP contribution in [0.15, 0.2) is 24.3 Å². The Morgan fingerprint density at radius 1 is 1.30 bits per heavy atom. The Balaban J connectivity index is 1.86. The number of carbonyl (C=O) groups is 2. The van der Waals surface area contributed by atoms with Gasteiger partial charge >= 0.3 is 0 Å². The Kier molecular flexibility index (Phi) is 5.51. The highest BCUT2D eigenvalue weighted by atomic mass is 16.2. The molecule has 0 aliphatic heterocycles. The average Bonchev–Trinajstić information content (AvgIpc) is 3.35. The van der Waals surface area contributed by atoms with E-state index in [1.807, 2.05) is 49.7 Å². The molecular weight excluding hydrogens is 342 g/mol. The van der Waals surface area contributed by atoms with Gasteiger partial charge in [-0.05, 0) is 37.3 Å². The van der Waals surface area contributed by atoms with Gasteiger partial charge in [0.05, 0.1) is 5.52 Å². The van der Waals surface area contributed by atoms with Gasteiger partial charge in [-0.2, -0.15) is 5.10 Å². The summed E-state index contributed by atoms with van der Waals surface area (Å²) in [6, 6.07) is 7.25. The highest BCUT2D eigenvalue weighted by Crippen LogP contribution is 2.24. The molecule has 1 atom stereocenters. The number of nitrogens with two attached hydrogens (primary N) is 1. The van der Waals surface area contributed by atoms with E-state index < -0.39 is 11.5 Å². The van der Waals surface area contributed by atoms with Gasteiger partial charge in [0.1, 0.15) is 6.04 Å². The second-order valence-electron chi connectivity index (χ2n) is 8.29. The average molecular weight is 371 g/mol. The highest BCUT2D eigenvalue weighted by molar-refractivity contribution is 6.06. The Hall–Kier alpha value is -2.41. The zero-order valence-corrected chi connectivity index (χ0v) is 16.3. The van der Waals surface area contributed by atoms with Gasteiger partial charge in [0, 0.05) is 18.0 Å². The minimum absolute atomic E-state index is 0.134. The van der Waals surface area contributed by atoms with Gasteiger partial charge in [0.2, 0.25) is 5.91 Å². The van der Waals surface area contributed by atoms with Crippen LogP contribution in [-0.4, -0.2) is 40.2 Å². The third-order valence-electron chi connectivity index (χ3n) is 4.77. The van der Waals surface area contributed by atoms with Crippen molar-refractivity contribution in [2.45, 2.75) is 58.7 Å². The summed E-state index contributed by atoms with van der Waals surface area (Å²) in [5.74, 6) is -0.464. The molecular formula is C20H29N5O2. The second-order valence-corrected chi connectivity index (χ2v) is 8.29. The van der Waals surface area contributed by atoms with E-state index in [9.17, 15) is 9.59 Å². The van der Waals surface area contributed by atoms with E-state index in [2.05, 4.69) is 15.7 Å². The van der Waals surface area contributed by atoms with E-state index in [1.54, 1.807) is 0 Å². The number of benzene rings is 1. The maximum absolute atomic E-state index is 13.0. The fourth-order valence-electron chi connectivity index (χ4n) is 3.09. The monoisotopic (exact) mass is 371 g/mol. The standard InChI is InChI=1S/C20H29N5O2/c1-20(2,3)17(19(27)22-13-9-10-13)23-18(26)16-14-7-4-5-8-15(14)25(24-16)12-6-11-21/h4-5,7-8,13,17H,6,9-12,21H2,1-3H3,(H,22,27)(H,23,26). The quantitative estimate of drug-likeness (QED) is 0.691. The lowest BCUT2D eigenvalue weighted by molar-refractivity contribution is -0.125. The molecule has 7 nitrogen and oxygen atoms in total. The van der Waals surface area contributed by atoms with Crippen molar-refractivity contribution in [1.82, 2.24) is 20.4 Å². The van der Waals surface area contributed by atoms with E-state index >= 15 is 0 Å². The molecule has 1 aliphatic rings. The molecule has 4 N–H and O–H groups in total. The van der Waals surface area contributed by atoms with E-state index in [0.29, 0.717) is 18.8 Å². The molecule has 1 saturated carbocycles. The number of hydrogen-bond donors (Lipinski definition) is 3. The van der Waals surface area contributed by atoms with Crippen LogP contribution in [0.5, 0.6) is 0 Å². The number of aryl methyl sites for hydroxylation is 1. The van der Waals surface area contributed by atoms with Crippen LogP contribution in [0, 0.1) is 5.41 Å². The molecule has 2 amide bonds. The van der Waals surface area contributed by atoms with E-state index in [0.717, 1.165) is 30.2 Å². The third kappa shape index (κ3) is 4.47. The predicted molar refractivity (Wildman–Crippen MR) is 105 cm³/mol. The highest BCUT2D eigenvalue weighted by Gasteiger charge is 2.36. The van der Waals surface area contributed by atoms with Crippen molar-refractivity contribution in [3.63, 3.8) is 0 Å². The molecule has 1 fully saturated rings. The minimum Gasteiger partial charge on any atom is -0.352 e. The summed E-state index contributed by atoms with van der Waals surface area (Å²) < 4.78 is 1.81. The first kappa shape index (κ1) is 19.4. The summed E-state index contributed by atoms with van der Waals surface area (Å²) in [4.78, 5) is 25.7. The van der Waals surface area contributed by atoms with Crippen LogP contribution < -0.4 is 16.4 Å². The van der Waals surface area contributed by atoms with Gasteiger partial charge in [-0.15, -0.1) is 0 Å². The molecule has 1 aromatic heterocycles. The van der Waals surface area contributed by atoms with Crippen molar-refractivity contribution in [3.8, 4) is 0 Å². The van der Waals surface area contributed by atoms with Crippen LogP contribution in [0.4, 0.5) is 0 Å². The van der Waals surface area contributed by atoms with Crippen LogP contribution in [0.25, 0.3) is 10.9 Å². The van der Waals surface area contributed by atoms with Crippen molar-refractivity contribution in [2.75, 3.05) is 6.54 Å². The SMILES string of the molecule is CC(C)(C)C(NC(=O)c1nn(CCCN)c2ccccc12)C(=O)NC1CC1. The maximum atomic E-state index is 13.0. The van der Waals surface area contributed by atoms with Crippen molar-refractivity contribution < 1.29 is 9.59 Å². The number of carbonyl (C=O) groups excluding carboxylic acids is 2. The first-order chi connectivity index (χ1) is 12.8. The summed E-state index contributed by atoms with van der Waals surface area (Å²) in [5, 5.41) is 11.2. The number of nitrogens with zero attached hydrogens (tertiary/aromatic N) is 2. The molecule has 146 valence electrons. The predicted octanol–water partition coefficient (Wildman–Crippen LogP) is 1.81. The summed E-state index contributed by atoms with van der Waals surface area (Å²) in [6.45, 7) is 7.05. The first-order valence-electron chi connectivity index (χ1n) is 9.58. The molecule has 1 aliphatic carbocycles. The van der Waals surface area contributed by atoms with Gasteiger partial charge in [-0.25, -0.2) is 0 Å². The van der Waals surface area contributed by atoms with Crippen LogP contribution in [0.2, 0.25) is 0 Å². The summed E-state index contributed by atoms with van der Waals surface area (Å²) >= 11 is 0. The number of rotatable bonds is 7. The maximum Gasteiger partial charge on any atom is 0.273 e. The Bertz CT molecular complexity index is 832. The summed E-state index contributed by atoms with van der Waals surface area (Å²) in [7, 11) is 0. The number of nitrogens with one attached hydrogen (secondary N) is 2. The molecule has 0 saturated heterocycles. The zero-order valence-electron chi connectivity index (χ0n) is 16.3. The van der Waals surface area contributed by atoms with E-state index in [-0.39, 0.29) is 17.9 Å². The molecule has 3 rings (SSSR count). The number of hydrogen-bond acceptors (Lipinski definition) is 4. The molecule has 2 aromatic rings. The molecule has 1 heterocycles. The lowest BCUT2D eigenvalue weighted by atomic mass is 9.86. The zero-order chi connectivity index (χ0) is 19.6. The third-order valence-corrected chi connectivity index (χ3v) is 4.77. The van der Waals surface area contributed by atoms with Crippen LogP contribution in [0.1, 0.15) is 50.5 Å². The van der Waals surface area contributed by atoms with Gasteiger partial charge in [0.15, 0.2) is 5.69 Å². The molecule has 1 unspecified atom stereocenters. The normalized spacial score (nSPS) is 15.6. The fraction of sp³-hybridized carbons (Fsp3) is 0.550. The Labute approximate surface area is 159 Å². The molecule has 27 heavy (non-hydrogen) atoms. The molecule has 0 spiro atoms. The number of fused-ring (bicyclic) bond motifs is 1. The fourth-order valence-corrected chi connectivity index (χ4v) is 3.09. The van der Waals surface area contributed by atoms with Crippen molar-refractivity contribution in [3.05, 3.63) is 30.0 Å². The molecule has 0 bridgehead atoms. The van der Waals surface area contributed by atoms with Gasteiger partial charge < -0.3 is 16.4 Å². The first-order valence-corrected chi connectivity index (χ1v) is 9.58. The minimum atomic E-state index is -0.626. The smallest absolute Gasteiger partial charge is 0.273 e. The molecule has 1 aromatic carbocycles. The summed E-state index contributed by atoms with van der Waals surface area (Å²) in [5.41, 5.74) is 6.44. The van der Waals surface area contributed by atoms with Crippen molar-refractivity contribution in [2.24, 2.45) is 11.1 Å². The largest absolute Gasteiger partial charge is 0.352 e. The lowest BCUT2D eigenvalue weighted by Crippen LogP contribution is -2.54. The number of aromatic nitrogens is 2. The van der Waals surface area contributed by atoms with Crippen molar-refractivity contribution >= 4 is 22.7 Å². The van der Waals surface area contributed by atoms with Crippen molar-refractivity contribution in [1.29, 1.82) is 0 Å². The van der Waals surface area contributed by atoms with E-state index in [1.165, 1.54) is 0 Å². The molecule has 7 heteroatoms. The Morgan fingerprint density at radius 2 is 2.00 bits per heavy atom. The van der Waals surface area contributed by atoms with Crippen LogP contribution >= 0.6 is 0 Å². The molecule has 0 radical (unpaired) electrons. The van der Waals surface area contributed by atoms with Crippen LogP contribution in [0.3, 0.4) is 0 Å². The number of amides is 2. The lowest BCUT2D eigenvalue weighted by Gasteiger charge is -2.30. The van der Waals surface area contributed by atoms with Gasteiger partial charge in [-0.1, -0.05) is 39.0 Å². The number of para-hydroxylation sites is 1. The summed E-state index contributed by atoms with van der Waals surface area (Å²) in [6.07, 6.45) is 2.79. The second kappa shape index (κ2) is 7.68. The Morgan fingerprint density at radius 3 is 2.63 bits per heavy atom. The van der Waals surface area contributed by atoms with E-state index in [4.69, 9.17) is 5.73 Å². The topological polar surface area (TPSA) is 102 Å². The van der Waals surface area contributed by atoms with Gasteiger partial charge in [0.25, 0.3) is 5.91 Å². The van der Waals surface area contributed by atoms with Crippen LogP contribution in [-0.2, 0) is 11.3 Å².